The average molecular weight is 267 g/mol. The van der Waals surface area contributed by atoms with Crippen molar-refractivity contribution in [3.8, 4) is 0 Å². The number of aromatic nitrogens is 1. The van der Waals surface area contributed by atoms with Gasteiger partial charge in [0.25, 0.3) is 0 Å². The van der Waals surface area contributed by atoms with Crippen LogP contribution in [0.4, 0.5) is 11.5 Å². The molecule has 2 heterocycles. The van der Waals surface area contributed by atoms with Crippen LogP contribution in [-0.2, 0) is 0 Å². The predicted molar refractivity (Wildman–Crippen MR) is 79.0 cm³/mol. The lowest BCUT2D eigenvalue weighted by molar-refractivity contribution is 0.253. The van der Waals surface area contributed by atoms with Crippen molar-refractivity contribution in [1.29, 1.82) is 0 Å². The van der Waals surface area contributed by atoms with Gasteiger partial charge in [-0.1, -0.05) is 29.5 Å². The molecular weight excluding hydrogens is 250 g/mol. The van der Waals surface area contributed by atoms with Gasteiger partial charge in [-0.2, -0.15) is 0 Å². The van der Waals surface area contributed by atoms with E-state index in [1.54, 1.807) is 0 Å². The van der Waals surface area contributed by atoms with Crippen LogP contribution in [0.25, 0.3) is 0 Å². The largest absolute Gasteiger partial charge is 0.353 e. The van der Waals surface area contributed by atoms with Crippen molar-refractivity contribution < 1.29 is 0 Å². The molecule has 0 amide bonds. The first kappa shape index (κ1) is 12.6. The highest BCUT2D eigenvalue weighted by Gasteiger charge is 2.16. The summed E-state index contributed by atoms with van der Waals surface area (Å²) in [4.78, 5) is 6.65. The molecule has 0 unspecified atom stereocenters. The number of rotatable bonds is 3. The molecule has 0 radical (unpaired) electrons. The van der Waals surface area contributed by atoms with Crippen molar-refractivity contribution in [2.45, 2.75) is 0 Å². The lowest BCUT2D eigenvalue weighted by atomic mass is 10.3. The summed E-state index contributed by atoms with van der Waals surface area (Å²) in [6, 6.07) is 15.8. The van der Waals surface area contributed by atoms with Crippen LogP contribution in [-0.4, -0.2) is 36.2 Å². The number of hydrogen-bond donors (Lipinski definition) is 0. The fourth-order valence-electron chi connectivity index (χ4n) is 2.16. The number of benzene rings is 1. The third kappa shape index (κ3) is 3.12. The van der Waals surface area contributed by atoms with E-state index in [9.17, 15) is 0 Å². The van der Waals surface area contributed by atoms with Crippen LogP contribution in [0.15, 0.2) is 65.1 Å². The third-order valence-electron chi connectivity index (χ3n) is 3.27. The Morgan fingerprint density at radius 3 is 2.30 bits per heavy atom. The zero-order valence-electron chi connectivity index (χ0n) is 11.3. The summed E-state index contributed by atoms with van der Waals surface area (Å²) in [7, 11) is 0. The minimum atomic E-state index is 0.868. The lowest BCUT2D eigenvalue weighted by Gasteiger charge is -2.32. The standard InChI is InChI=1S/C15H17N5/c1-2-6-14(7-3-1)17-18-20-12-10-19(11-13-20)15-8-4-5-9-16-15/h1-9H,10-13H2/b18-17+. The number of hydrogen-bond acceptors (Lipinski definition) is 4. The van der Waals surface area contributed by atoms with Crippen LogP contribution in [0.2, 0.25) is 0 Å². The summed E-state index contributed by atoms with van der Waals surface area (Å²) in [5, 5.41) is 10.5. The van der Waals surface area contributed by atoms with E-state index in [1.807, 2.05) is 59.7 Å². The summed E-state index contributed by atoms with van der Waals surface area (Å²) < 4.78 is 0. The molecule has 20 heavy (non-hydrogen) atoms. The first-order valence-corrected chi connectivity index (χ1v) is 6.79. The van der Waals surface area contributed by atoms with Crippen molar-refractivity contribution in [3.05, 3.63) is 54.7 Å². The third-order valence-corrected chi connectivity index (χ3v) is 3.27. The zero-order valence-corrected chi connectivity index (χ0v) is 11.3. The van der Waals surface area contributed by atoms with Gasteiger partial charge in [0.05, 0.1) is 18.8 Å². The van der Waals surface area contributed by atoms with E-state index in [0.29, 0.717) is 0 Å². The van der Waals surface area contributed by atoms with Crippen molar-refractivity contribution in [1.82, 2.24) is 9.99 Å². The second-order valence-electron chi connectivity index (χ2n) is 4.65. The Morgan fingerprint density at radius 2 is 1.60 bits per heavy atom. The maximum absolute atomic E-state index is 4.37. The lowest BCUT2D eigenvalue weighted by Crippen LogP contribution is -2.44. The van der Waals surface area contributed by atoms with Gasteiger partial charge in [0, 0.05) is 19.3 Å². The van der Waals surface area contributed by atoms with Gasteiger partial charge in [0.15, 0.2) is 0 Å². The summed E-state index contributed by atoms with van der Waals surface area (Å²) >= 11 is 0. The first-order valence-electron chi connectivity index (χ1n) is 6.79. The average Bonchev–Trinajstić information content (AvgIpc) is 2.55. The van der Waals surface area contributed by atoms with Gasteiger partial charge < -0.3 is 4.90 Å². The van der Waals surface area contributed by atoms with E-state index in [4.69, 9.17) is 0 Å². The van der Waals surface area contributed by atoms with Crippen LogP contribution in [0, 0.1) is 0 Å². The molecule has 2 aromatic rings. The van der Waals surface area contributed by atoms with Crippen molar-refractivity contribution in [2.75, 3.05) is 31.1 Å². The maximum Gasteiger partial charge on any atom is 0.128 e. The molecule has 1 aliphatic heterocycles. The highest BCUT2D eigenvalue weighted by Crippen LogP contribution is 2.15. The Bertz CT molecular complexity index is 547. The van der Waals surface area contributed by atoms with Gasteiger partial charge in [-0.25, -0.2) is 4.98 Å². The smallest absolute Gasteiger partial charge is 0.128 e. The molecule has 1 fully saturated rings. The molecule has 1 aromatic carbocycles. The van der Waals surface area contributed by atoms with Crippen LogP contribution in [0.1, 0.15) is 0 Å². The van der Waals surface area contributed by atoms with Crippen LogP contribution in [0.3, 0.4) is 0 Å². The fourth-order valence-corrected chi connectivity index (χ4v) is 2.16. The van der Waals surface area contributed by atoms with Gasteiger partial charge in [0.2, 0.25) is 0 Å². The highest BCUT2D eigenvalue weighted by atomic mass is 15.6. The summed E-state index contributed by atoms with van der Waals surface area (Å²) in [5.74, 6) is 1.03. The number of piperazine rings is 1. The van der Waals surface area contributed by atoms with Crippen LogP contribution >= 0.6 is 0 Å². The Kier molecular flexibility index (Phi) is 3.87. The Hall–Kier alpha value is -2.43. The summed E-state index contributed by atoms with van der Waals surface area (Å²) in [6.45, 7) is 3.58. The predicted octanol–water partition coefficient (Wildman–Crippen LogP) is 2.90. The molecule has 5 heteroatoms. The molecule has 1 aliphatic rings. The van der Waals surface area contributed by atoms with Gasteiger partial charge in [-0.05, 0) is 24.3 Å². The van der Waals surface area contributed by atoms with Crippen molar-refractivity contribution in [2.24, 2.45) is 10.3 Å². The van der Waals surface area contributed by atoms with E-state index in [1.165, 1.54) is 0 Å². The normalized spacial score (nSPS) is 15.8. The van der Waals surface area contributed by atoms with Gasteiger partial charge >= 0.3 is 0 Å². The van der Waals surface area contributed by atoms with Gasteiger partial charge in [-0.15, -0.1) is 5.11 Å². The maximum atomic E-state index is 4.37. The second-order valence-corrected chi connectivity index (χ2v) is 4.65. The summed E-state index contributed by atoms with van der Waals surface area (Å²) in [5.41, 5.74) is 0.889. The molecule has 0 saturated carbocycles. The number of anilines is 1. The molecular formula is C15H17N5. The Balaban J connectivity index is 1.55. The number of pyridine rings is 1. The van der Waals surface area contributed by atoms with Crippen molar-refractivity contribution in [3.63, 3.8) is 0 Å². The fraction of sp³-hybridized carbons (Fsp3) is 0.267. The minimum Gasteiger partial charge on any atom is -0.353 e. The Labute approximate surface area is 118 Å². The number of nitrogens with zero attached hydrogens (tertiary/aromatic N) is 5. The monoisotopic (exact) mass is 267 g/mol. The first-order chi connectivity index (χ1) is 9.92. The quantitative estimate of drug-likeness (QED) is 0.803. The van der Waals surface area contributed by atoms with Crippen LogP contribution in [0.5, 0.6) is 0 Å². The molecule has 0 atom stereocenters. The van der Waals surface area contributed by atoms with E-state index in [0.717, 1.165) is 37.7 Å². The van der Waals surface area contributed by atoms with E-state index in [-0.39, 0.29) is 0 Å². The van der Waals surface area contributed by atoms with Gasteiger partial charge in [-0.3, -0.25) is 5.01 Å². The molecule has 3 rings (SSSR count). The Morgan fingerprint density at radius 1 is 0.850 bits per heavy atom. The molecule has 102 valence electrons. The molecule has 0 bridgehead atoms. The van der Waals surface area contributed by atoms with Crippen molar-refractivity contribution >= 4 is 11.5 Å². The molecule has 0 aliphatic carbocycles. The molecule has 1 saturated heterocycles. The van der Waals surface area contributed by atoms with Gasteiger partial charge in [0.1, 0.15) is 5.82 Å². The summed E-state index contributed by atoms with van der Waals surface area (Å²) in [6.07, 6.45) is 1.83. The SMILES string of the molecule is c1ccc(/N=N/N2CCN(c3ccccn3)CC2)cc1. The van der Waals surface area contributed by atoms with E-state index < -0.39 is 0 Å². The highest BCUT2D eigenvalue weighted by molar-refractivity contribution is 5.38. The van der Waals surface area contributed by atoms with Crippen LogP contribution < -0.4 is 4.90 Å². The zero-order chi connectivity index (χ0) is 13.6. The topological polar surface area (TPSA) is 44.1 Å². The minimum absolute atomic E-state index is 0.868. The molecule has 0 N–H and O–H groups in total. The molecule has 1 aromatic heterocycles. The van der Waals surface area contributed by atoms with E-state index >= 15 is 0 Å². The van der Waals surface area contributed by atoms with E-state index in [2.05, 4.69) is 20.2 Å². The molecule has 0 spiro atoms. The second kappa shape index (κ2) is 6.14. The molecule has 5 nitrogen and oxygen atoms in total.